The smallest absolute Gasteiger partial charge is 0.295 e. The van der Waals surface area contributed by atoms with Crippen LogP contribution >= 0.6 is 0 Å². The van der Waals surface area contributed by atoms with E-state index in [1.807, 2.05) is 24.3 Å². The van der Waals surface area contributed by atoms with Crippen LogP contribution < -0.4 is 4.74 Å². The van der Waals surface area contributed by atoms with Crippen molar-refractivity contribution in [3.8, 4) is 5.75 Å². The summed E-state index contributed by atoms with van der Waals surface area (Å²) in [5.41, 5.74) is 2.40. The molecule has 1 fully saturated rings. The molecule has 0 unspecified atom stereocenters. The van der Waals surface area contributed by atoms with E-state index in [9.17, 15) is 14.7 Å². The van der Waals surface area contributed by atoms with Crippen molar-refractivity contribution < 1.29 is 24.2 Å². The summed E-state index contributed by atoms with van der Waals surface area (Å²) in [5, 5.41) is 11.0. The van der Waals surface area contributed by atoms with Crippen LogP contribution in [0.4, 0.5) is 0 Å². The highest BCUT2D eigenvalue weighted by Gasteiger charge is 2.45. The van der Waals surface area contributed by atoms with Gasteiger partial charge in [0.1, 0.15) is 11.5 Å². The number of rotatable bonds is 6. The first kappa shape index (κ1) is 22.6. The summed E-state index contributed by atoms with van der Waals surface area (Å²) in [5.74, 6) is -0.913. The number of hydrogen-bond acceptors (Lipinski definition) is 5. The van der Waals surface area contributed by atoms with Crippen molar-refractivity contribution in [2.75, 3.05) is 27.4 Å². The van der Waals surface area contributed by atoms with Gasteiger partial charge < -0.3 is 19.5 Å². The minimum Gasteiger partial charge on any atom is -0.507 e. The summed E-state index contributed by atoms with van der Waals surface area (Å²) in [7, 11) is 3.10. The second-order valence-electron chi connectivity index (χ2n) is 8.59. The average molecular weight is 424 g/mol. The maximum Gasteiger partial charge on any atom is 0.295 e. The SMILES string of the molecule is COCCN1C(=O)C(=O)/C(=C(/O)c2ccc(OC)cc2)[C@H]1c1ccc(C(C)(C)C)cc1. The molecule has 31 heavy (non-hydrogen) atoms. The fourth-order valence-corrected chi connectivity index (χ4v) is 3.72. The summed E-state index contributed by atoms with van der Waals surface area (Å²) >= 11 is 0. The molecule has 6 nitrogen and oxygen atoms in total. The Labute approximate surface area is 183 Å². The molecule has 0 saturated carbocycles. The van der Waals surface area contributed by atoms with Gasteiger partial charge in [0, 0.05) is 19.2 Å². The summed E-state index contributed by atoms with van der Waals surface area (Å²) in [6.07, 6.45) is 0. The predicted octanol–water partition coefficient (Wildman–Crippen LogP) is 4.06. The normalized spacial score (nSPS) is 18.5. The number of benzene rings is 2. The lowest BCUT2D eigenvalue weighted by atomic mass is 9.85. The minimum atomic E-state index is -0.700. The molecule has 1 heterocycles. The number of ketones is 1. The van der Waals surface area contributed by atoms with Crippen LogP contribution in [0.3, 0.4) is 0 Å². The van der Waals surface area contributed by atoms with Crippen LogP contribution in [0.25, 0.3) is 5.76 Å². The van der Waals surface area contributed by atoms with Crippen LogP contribution in [-0.2, 0) is 19.7 Å². The van der Waals surface area contributed by atoms with Crippen LogP contribution in [0.5, 0.6) is 5.75 Å². The Balaban J connectivity index is 2.12. The van der Waals surface area contributed by atoms with E-state index in [0.717, 1.165) is 11.1 Å². The Kier molecular flexibility index (Phi) is 6.51. The molecule has 1 aliphatic heterocycles. The molecule has 3 rings (SSSR count). The van der Waals surface area contributed by atoms with Gasteiger partial charge in [-0.1, -0.05) is 45.0 Å². The Morgan fingerprint density at radius 3 is 2.13 bits per heavy atom. The van der Waals surface area contributed by atoms with Gasteiger partial charge in [-0.25, -0.2) is 0 Å². The highest BCUT2D eigenvalue weighted by atomic mass is 16.5. The molecule has 1 aliphatic rings. The predicted molar refractivity (Wildman–Crippen MR) is 119 cm³/mol. The number of methoxy groups -OCH3 is 2. The van der Waals surface area contributed by atoms with Crippen molar-refractivity contribution in [1.29, 1.82) is 0 Å². The summed E-state index contributed by atoms with van der Waals surface area (Å²) in [6.45, 7) is 6.89. The van der Waals surface area contributed by atoms with Crippen molar-refractivity contribution in [3.05, 3.63) is 70.8 Å². The number of nitrogens with zero attached hydrogens (tertiary/aromatic N) is 1. The summed E-state index contributed by atoms with van der Waals surface area (Å²) in [4.78, 5) is 27.2. The van der Waals surface area contributed by atoms with Gasteiger partial charge in [-0.3, -0.25) is 9.59 Å². The molecule has 2 aromatic rings. The minimum absolute atomic E-state index is 0.0283. The molecule has 0 aliphatic carbocycles. The standard InChI is InChI=1S/C25H29NO5/c1-25(2,3)18-10-6-16(7-11-18)21-20(23(28)24(29)26(21)14-15-30-4)22(27)17-8-12-19(31-5)13-9-17/h6-13,21,27H,14-15H2,1-5H3/b22-20+/t21-/m1/s1. The second-order valence-corrected chi connectivity index (χ2v) is 8.59. The molecular weight excluding hydrogens is 394 g/mol. The van der Waals surface area contributed by atoms with Crippen molar-refractivity contribution in [1.82, 2.24) is 4.90 Å². The molecule has 164 valence electrons. The Bertz CT molecular complexity index is 984. The van der Waals surface area contributed by atoms with Crippen molar-refractivity contribution in [2.24, 2.45) is 0 Å². The largest absolute Gasteiger partial charge is 0.507 e. The van der Waals surface area contributed by atoms with E-state index >= 15 is 0 Å². The Hall–Kier alpha value is -3.12. The molecule has 1 saturated heterocycles. The number of hydrogen-bond donors (Lipinski definition) is 1. The lowest BCUT2D eigenvalue weighted by Crippen LogP contribution is -2.32. The van der Waals surface area contributed by atoms with Crippen LogP contribution in [0.15, 0.2) is 54.1 Å². The van der Waals surface area contributed by atoms with Crippen molar-refractivity contribution >= 4 is 17.4 Å². The maximum absolute atomic E-state index is 13.0. The number of amides is 1. The molecule has 0 radical (unpaired) electrons. The van der Waals surface area contributed by atoms with Crippen LogP contribution in [0, 0.1) is 0 Å². The lowest BCUT2D eigenvalue weighted by molar-refractivity contribution is -0.140. The first-order valence-corrected chi connectivity index (χ1v) is 10.2. The van der Waals surface area contributed by atoms with E-state index in [0.29, 0.717) is 11.3 Å². The van der Waals surface area contributed by atoms with Crippen LogP contribution in [-0.4, -0.2) is 49.1 Å². The van der Waals surface area contributed by atoms with E-state index < -0.39 is 17.7 Å². The molecule has 1 amide bonds. The molecule has 2 aromatic carbocycles. The number of aliphatic hydroxyl groups excluding tert-OH is 1. The third kappa shape index (κ3) is 4.49. The highest BCUT2D eigenvalue weighted by molar-refractivity contribution is 6.46. The number of aliphatic hydroxyl groups is 1. The number of ether oxygens (including phenoxy) is 2. The molecule has 1 atom stereocenters. The van der Waals surface area contributed by atoms with Gasteiger partial charge in [0.25, 0.3) is 11.7 Å². The maximum atomic E-state index is 13.0. The number of carbonyl (C=O) groups excluding carboxylic acids is 2. The number of carbonyl (C=O) groups is 2. The van der Waals surface area contributed by atoms with E-state index in [1.165, 1.54) is 4.90 Å². The molecular formula is C25H29NO5. The van der Waals surface area contributed by atoms with Crippen molar-refractivity contribution in [2.45, 2.75) is 32.2 Å². The van der Waals surface area contributed by atoms with E-state index in [4.69, 9.17) is 9.47 Å². The highest BCUT2D eigenvalue weighted by Crippen LogP contribution is 2.40. The first-order valence-electron chi connectivity index (χ1n) is 10.2. The van der Waals surface area contributed by atoms with Gasteiger partial charge >= 0.3 is 0 Å². The number of likely N-dealkylation sites (tertiary alicyclic amines) is 1. The van der Waals surface area contributed by atoms with E-state index in [2.05, 4.69) is 20.8 Å². The van der Waals surface area contributed by atoms with Gasteiger partial charge in [-0.05, 0) is 40.8 Å². The van der Waals surface area contributed by atoms with Crippen LogP contribution in [0.2, 0.25) is 0 Å². The van der Waals surface area contributed by atoms with Gasteiger partial charge in [0.2, 0.25) is 0 Å². The van der Waals surface area contributed by atoms with Gasteiger partial charge in [-0.15, -0.1) is 0 Å². The second kappa shape index (κ2) is 8.94. The molecule has 0 aromatic heterocycles. The molecule has 0 bridgehead atoms. The average Bonchev–Trinajstić information content (AvgIpc) is 3.01. The summed E-state index contributed by atoms with van der Waals surface area (Å²) < 4.78 is 10.3. The zero-order valence-corrected chi connectivity index (χ0v) is 18.6. The monoisotopic (exact) mass is 423 g/mol. The Morgan fingerprint density at radius 2 is 1.61 bits per heavy atom. The van der Waals surface area contributed by atoms with E-state index in [1.54, 1.807) is 38.5 Å². The fraction of sp³-hybridized carbons (Fsp3) is 0.360. The van der Waals surface area contributed by atoms with Crippen LogP contribution in [0.1, 0.15) is 43.5 Å². The molecule has 1 N–H and O–H groups in total. The van der Waals surface area contributed by atoms with Gasteiger partial charge in [0.15, 0.2) is 0 Å². The first-order chi connectivity index (χ1) is 14.7. The quantitative estimate of drug-likeness (QED) is 0.431. The zero-order valence-electron chi connectivity index (χ0n) is 18.6. The lowest BCUT2D eigenvalue weighted by Gasteiger charge is -2.26. The zero-order chi connectivity index (χ0) is 22.8. The summed E-state index contributed by atoms with van der Waals surface area (Å²) in [6, 6.07) is 13.9. The third-order valence-electron chi connectivity index (χ3n) is 5.53. The van der Waals surface area contributed by atoms with Gasteiger partial charge in [0.05, 0.1) is 25.3 Å². The third-order valence-corrected chi connectivity index (χ3v) is 5.53. The van der Waals surface area contributed by atoms with Crippen molar-refractivity contribution in [3.63, 3.8) is 0 Å². The topological polar surface area (TPSA) is 76.1 Å². The fourth-order valence-electron chi connectivity index (χ4n) is 3.72. The molecule has 0 spiro atoms. The molecule has 6 heteroatoms. The van der Waals surface area contributed by atoms with Gasteiger partial charge in [-0.2, -0.15) is 0 Å². The van der Waals surface area contributed by atoms with E-state index in [-0.39, 0.29) is 29.9 Å². The number of Topliss-reactive ketones (excluding diaryl/α,β-unsaturated/α-hetero) is 1. The Morgan fingerprint density at radius 1 is 1.00 bits per heavy atom.